The summed E-state index contributed by atoms with van der Waals surface area (Å²) in [6.45, 7) is 5.17. The summed E-state index contributed by atoms with van der Waals surface area (Å²) in [7, 11) is 0. The molecule has 0 aliphatic carbocycles. The van der Waals surface area contributed by atoms with Crippen LogP contribution in [0.4, 0.5) is 0 Å². The third-order valence-corrected chi connectivity index (χ3v) is 3.06. The van der Waals surface area contributed by atoms with Gasteiger partial charge in [0.05, 0.1) is 0 Å². The van der Waals surface area contributed by atoms with Gasteiger partial charge in [-0.3, -0.25) is 4.79 Å². The zero-order valence-corrected chi connectivity index (χ0v) is 12.4. The number of carbonyl (C=O) groups is 1. The zero-order valence-electron chi connectivity index (χ0n) is 11.7. The van der Waals surface area contributed by atoms with Crippen LogP contribution >= 0.6 is 11.6 Å². The lowest BCUT2D eigenvalue weighted by molar-refractivity contribution is 0.0947. The lowest BCUT2D eigenvalue weighted by atomic mass is 10.0. The third kappa shape index (κ3) is 7.11. The molecule has 1 aromatic rings. The number of carbonyl (C=O) groups excluding carboxylic acids is 1. The zero-order chi connectivity index (χ0) is 14.1. The highest BCUT2D eigenvalue weighted by atomic mass is 35.5. The average Bonchev–Trinajstić information content (AvgIpc) is 2.38. The van der Waals surface area contributed by atoms with E-state index in [0.717, 1.165) is 18.8 Å². The molecule has 0 bridgehead atoms. The summed E-state index contributed by atoms with van der Waals surface area (Å²) >= 11 is 5.61. The fourth-order valence-corrected chi connectivity index (χ4v) is 1.86. The van der Waals surface area contributed by atoms with E-state index in [1.165, 1.54) is 19.3 Å². The van der Waals surface area contributed by atoms with Crippen LogP contribution in [0.25, 0.3) is 0 Å². The van der Waals surface area contributed by atoms with Crippen molar-refractivity contribution < 1.29 is 4.79 Å². The van der Waals surface area contributed by atoms with Crippen LogP contribution in [0.2, 0.25) is 5.15 Å². The Balaban J connectivity index is 2.09. The summed E-state index contributed by atoms with van der Waals surface area (Å²) in [5.41, 5.74) is 0.309. The van der Waals surface area contributed by atoms with E-state index in [0.29, 0.717) is 17.4 Å². The minimum atomic E-state index is -0.189. The van der Waals surface area contributed by atoms with Crippen molar-refractivity contribution in [1.29, 1.82) is 0 Å². The van der Waals surface area contributed by atoms with Crippen LogP contribution in [0.3, 0.4) is 0 Å². The molecule has 0 radical (unpaired) electrons. The highest BCUT2D eigenvalue weighted by Gasteiger charge is 2.06. The molecule has 4 nitrogen and oxygen atoms in total. The summed E-state index contributed by atoms with van der Waals surface area (Å²) < 4.78 is 0. The van der Waals surface area contributed by atoms with Gasteiger partial charge in [-0.15, -0.1) is 10.2 Å². The molecule has 0 fully saturated rings. The fourth-order valence-electron chi connectivity index (χ4n) is 1.76. The molecule has 0 aliphatic rings. The number of hydrogen-bond donors (Lipinski definition) is 1. The Bertz CT molecular complexity index is 379. The number of rotatable bonds is 8. The van der Waals surface area contributed by atoms with Gasteiger partial charge >= 0.3 is 0 Å². The van der Waals surface area contributed by atoms with Crippen LogP contribution in [-0.2, 0) is 0 Å². The molecule has 1 aromatic heterocycles. The Morgan fingerprint density at radius 2 is 1.95 bits per heavy atom. The first kappa shape index (κ1) is 15.9. The second kappa shape index (κ2) is 8.86. The second-order valence-electron chi connectivity index (χ2n) is 5.09. The predicted molar refractivity (Wildman–Crippen MR) is 77.3 cm³/mol. The quantitative estimate of drug-likeness (QED) is 0.743. The van der Waals surface area contributed by atoms with E-state index in [1.807, 2.05) is 0 Å². The van der Waals surface area contributed by atoms with E-state index in [2.05, 4.69) is 29.4 Å². The van der Waals surface area contributed by atoms with E-state index in [9.17, 15) is 4.79 Å². The van der Waals surface area contributed by atoms with E-state index in [4.69, 9.17) is 11.6 Å². The minimum Gasteiger partial charge on any atom is -0.351 e. The Hall–Kier alpha value is -1.16. The molecule has 0 atom stereocenters. The summed E-state index contributed by atoms with van der Waals surface area (Å²) in [5, 5.41) is 10.5. The Labute approximate surface area is 120 Å². The van der Waals surface area contributed by atoms with Crippen LogP contribution in [0.5, 0.6) is 0 Å². The molecule has 0 spiro atoms. The van der Waals surface area contributed by atoms with Crippen molar-refractivity contribution in [2.75, 3.05) is 6.54 Å². The van der Waals surface area contributed by atoms with Crippen molar-refractivity contribution in [3.8, 4) is 0 Å². The smallest absolute Gasteiger partial charge is 0.271 e. The average molecular weight is 284 g/mol. The first-order valence-corrected chi connectivity index (χ1v) is 7.25. The standard InChI is InChI=1S/C14H22ClN3O/c1-11(2)7-5-3-4-6-10-16-14(19)12-8-9-13(15)18-17-12/h8-9,11H,3-7,10H2,1-2H3,(H,16,19). The van der Waals surface area contributed by atoms with Crippen molar-refractivity contribution in [3.05, 3.63) is 23.0 Å². The van der Waals surface area contributed by atoms with Crippen molar-refractivity contribution in [3.63, 3.8) is 0 Å². The topological polar surface area (TPSA) is 54.9 Å². The molecule has 19 heavy (non-hydrogen) atoms. The van der Waals surface area contributed by atoms with Gasteiger partial charge in [-0.05, 0) is 24.5 Å². The van der Waals surface area contributed by atoms with E-state index >= 15 is 0 Å². The molecule has 1 N–H and O–H groups in total. The van der Waals surface area contributed by atoms with Crippen LogP contribution in [-0.4, -0.2) is 22.6 Å². The van der Waals surface area contributed by atoms with Gasteiger partial charge in [-0.25, -0.2) is 0 Å². The molecule has 1 amide bonds. The number of halogens is 1. The molecule has 0 saturated carbocycles. The monoisotopic (exact) mass is 283 g/mol. The summed E-state index contributed by atoms with van der Waals surface area (Å²) in [6.07, 6.45) is 5.94. The number of hydrogen-bond acceptors (Lipinski definition) is 3. The molecule has 0 saturated heterocycles. The maximum Gasteiger partial charge on any atom is 0.271 e. The Morgan fingerprint density at radius 1 is 1.21 bits per heavy atom. The van der Waals surface area contributed by atoms with Crippen LogP contribution in [0.1, 0.15) is 56.4 Å². The molecule has 106 valence electrons. The minimum absolute atomic E-state index is 0.189. The van der Waals surface area contributed by atoms with Gasteiger partial charge in [-0.2, -0.15) is 0 Å². The second-order valence-corrected chi connectivity index (χ2v) is 5.48. The Morgan fingerprint density at radius 3 is 2.58 bits per heavy atom. The van der Waals surface area contributed by atoms with Crippen LogP contribution in [0.15, 0.2) is 12.1 Å². The molecule has 0 unspecified atom stereocenters. The molecule has 5 heteroatoms. The van der Waals surface area contributed by atoms with Crippen molar-refractivity contribution in [1.82, 2.24) is 15.5 Å². The normalized spacial score (nSPS) is 10.7. The molecule has 1 heterocycles. The molecule has 0 aromatic carbocycles. The summed E-state index contributed by atoms with van der Waals surface area (Å²) in [5.74, 6) is 0.592. The maximum atomic E-state index is 11.7. The van der Waals surface area contributed by atoms with Gasteiger partial charge in [0.1, 0.15) is 0 Å². The number of amides is 1. The number of aromatic nitrogens is 2. The molecular formula is C14H22ClN3O. The lowest BCUT2D eigenvalue weighted by Crippen LogP contribution is -2.25. The highest BCUT2D eigenvalue weighted by molar-refractivity contribution is 6.29. The molecule has 0 aliphatic heterocycles. The van der Waals surface area contributed by atoms with Crippen LogP contribution < -0.4 is 5.32 Å². The van der Waals surface area contributed by atoms with Crippen molar-refractivity contribution in [2.24, 2.45) is 5.92 Å². The highest BCUT2D eigenvalue weighted by Crippen LogP contribution is 2.09. The lowest BCUT2D eigenvalue weighted by Gasteiger charge is -2.05. The van der Waals surface area contributed by atoms with E-state index < -0.39 is 0 Å². The summed E-state index contributed by atoms with van der Waals surface area (Å²) in [6, 6.07) is 3.14. The number of unbranched alkanes of at least 4 members (excludes halogenated alkanes) is 3. The van der Waals surface area contributed by atoms with E-state index in [1.54, 1.807) is 12.1 Å². The molecular weight excluding hydrogens is 262 g/mol. The van der Waals surface area contributed by atoms with Gasteiger partial charge < -0.3 is 5.32 Å². The number of nitrogens with one attached hydrogen (secondary N) is 1. The molecule has 1 rings (SSSR count). The predicted octanol–water partition coefficient (Wildman–Crippen LogP) is 3.47. The maximum absolute atomic E-state index is 11.7. The van der Waals surface area contributed by atoms with Gasteiger partial charge in [-0.1, -0.05) is 51.1 Å². The fraction of sp³-hybridized carbons (Fsp3) is 0.643. The van der Waals surface area contributed by atoms with E-state index in [-0.39, 0.29) is 5.91 Å². The van der Waals surface area contributed by atoms with Crippen molar-refractivity contribution in [2.45, 2.75) is 46.0 Å². The third-order valence-electron chi connectivity index (χ3n) is 2.86. The summed E-state index contributed by atoms with van der Waals surface area (Å²) in [4.78, 5) is 11.7. The van der Waals surface area contributed by atoms with Gasteiger partial charge in [0.2, 0.25) is 0 Å². The first-order chi connectivity index (χ1) is 9.09. The van der Waals surface area contributed by atoms with Crippen LogP contribution in [0, 0.1) is 5.92 Å². The van der Waals surface area contributed by atoms with Gasteiger partial charge in [0.15, 0.2) is 10.8 Å². The largest absolute Gasteiger partial charge is 0.351 e. The first-order valence-electron chi connectivity index (χ1n) is 6.87. The number of nitrogens with zero attached hydrogens (tertiary/aromatic N) is 2. The van der Waals surface area contributed by atoms with Gasteiger partial charge in [0, 0.05) is 6.54 Å². The SMILES string of the molecule is CC(C)CCCCCCNC(=O)c1ccc(Cl)nn1. The Kier molecular flexibility index (Phi) is 7.41. The van der Waals surface area contributed by atoms with Gasteiger partial charge in [0.25, 0.3) is 5.91 Å². The van der Waals surface area contributed by atoms with Crippen molar-refractivity contribution >= 4 is 17.5 Å².